The van der Waals surface area contributed by atoms with Gasteiger partial charge >= 0.3 is 0 Å². The van der Waals surface area contributed by atoms with Crippen LogP contribution in [-0.4, -0.2) is 19.9 Å². The molecule has 10 aromatic rings. The second-order valence-corrected chi connectivity index (χ2v) is 14.2. The number of hydrogen-bond acceptors (Lipinski definition) is 4. The maximum absolute atomic E-state index is 5.00. The minimum absolute atomic E-state index is 0.861. The molecule has 0 atom stereocenters. The molecule has 0 spiro atoms. The Morgan fingerprint density at radius 1 is 0.268 bits per heavy atom. The smallest absolute Gasteiger partial charge is 0.0893 e. The summed E-state index contributed by atoms with van der Waals surface area (Å²) >= 11 is 0. The van der Waals surface area contributed by atoms with E-state index in [1.807, 2.05) is 60.9 Å². The second kappa shape index (κ2) is 13.1. The van der Waals surface area contributed by atoms with Crippen molar-refractivity contribution in [3.8, 4) is 89.8 Å². The first kappa shape index (κ1) is 31.9. The minimum Gasteiger partial charge on any atom is -0.255 e. The van der Waals surface area contributed by atoms with Crippen molar-refractivity contribution in [3.05, 3.63) is 194 Å². The van der Waals surface area contributed by atoms with Crippen LogP contribution in [0.4, 0.5) is 0 Å². The molecule has 0 saturated carbocycles. The molecule has 0 unspecified atom stereocenters. The summed E-state index contributed by atoms with van der Waals surface area (Å²) < 4.78 is 0. The Morgan fingerprint density at radius 3 is 1.11 bits per heavy atom. The van der Waals surface area contributed by atoms with Gasteiger partial charge in [0.05, 0.1) is 34.2 Å². The fourth-order valence-corrected chi connectivity index (χ4v) is 8.45. The quantitative estimate of drug-likeness (QED) is 0.172. The number of nitrogens with zero attached hydrogens (tertiary/aromatic N) is 4. The van der Waals surface area contributed by atoms with E-state index in [1.54, 1.807) is 0 Å². The van der Waals surface area contributed by atoms with Crippen molar-refractivity contribution in [1.82, 2.24) is 19.9 Å². The van der Waals surface area contributed by atoms with Gasteiger partial charge in [-0.25, -0.2) is 9.97 Å². The summed E-state index contributed by atoms with van der Waals surface area (Å²) in [6, 6.07) is 64.3. The van der Waals surface area contributed by atoms with Crippen molar-refractivity contribution in [1.29, 1.82) is 0 Å². The third kappa shape index (κ3) is 5.23. The molecule has 11 rings (SSSR count). The summed E-state index contributed by atoms with van der Waals surface area (Å²) in [5.41, 5.74) is 17.4. The van der Waals surface area contributed by atoms with Crippen molar-refractivity contribution < 1.29 is 0 Å². The number of aromatic nitrogens is 4. The highest BCUT2D eigenvalue weighted by Crippen LogP contribution is 2.57. The van der Waals surface area contributed by atoms with Crippen LogP contribution in [0.3, 0.4) is 0 Å². The lowest BCUT2D eigenvalue weighted by atomic mass is 9.82. The average Bonchev–Trinajstić information content (AvgIpc) is 3.61. The van der Waals surface area contributed by atoms with Crippen LogP contribution in [0.1, 0.15) is 0 Å². The maximum Gasteiger partial charge on any atom is 0.0893 e. The van der Waals surface area contributed by atoms with E-state index in [0.717, 1.165) is 45.3 Å². The summed E-state index contributed by atoms with van der Waals surface area (Å²) in [7, 11) is 0. The molecule has 0 radical (unpaired) electrons. The Balaban J connectivity index is 1.08. The molecule has 0 bridgehead atoms. The van der Waals surface area contributed by atoms with Crippen molar-refractivity contribution in [3.63, 3.8) is 0 Å². The van der Waals surface area contributed by atoms with Gasteiger partial charge in [-0.15, -0.1) is 0 Å². The van der Waals surface area contributed by atoms with Crippen LogP contribution in [0, 0.1) is 0 Å². The van der Waals surface area contributed by atoms with Gasteiger partial charge < -0.3 is 0 Å². The van der Waals surface area contributed by atoms with Crippen molar-refractivity contribution in [2.45, 2.75) is 0 Å². The molecule has 0 aliphatic heterocycles. The molecule has 1 aliphatic rings. The van der Waals surface area contributed by atoms with E-state index in [2.05, 4.69) is 143 Å². The molecular formula is C52H32N4. The highest BCUT2D eigenvalue weighted by molar-refractivity contribution is 6.27. The van der Waals surface area contributed by atoms with Gasteiger partial charge in [-0.2, -0.15) is 0 Å². The lowest BCUT2D eigenvalue weighted by Gasteiger charge is -2.21. The molecule has 0 amide bonds. The highest BCUT2D eigenvalue weighted by Gasteiger charge is 2.30. The predicted octanol–water partition coefficient (Wildman–Crippen LogP) is 13.2. The van der Waals surface area contributed by atoms with Crippen molar-refractivity contribution in [2.24, 2.45) is 0 Å². The van der Waals surface area contributed by atoms with E-state index in [0.29, 0.717) is 0 Å². The first-order chi connectivity index (χ1) is 27.8. The van der Waals surface area contributed by atoms with Crippen LogP contribution < -0.4 is 0 Å². The van der Waals surface area contributed by atoms with Gasteiger partial charge in [0, 0.05) is 23.5 Å². The Hall–Kier alpha value is -7.56. The maximum atomic E-state index is 5.00. The van der Waals surface area contributed by atoms with Crippen LogP contribution >= 0.6 is 0 Å². The summed E-state index contributed by atoms with van der Waals surface area (Å²) in [6.45, 7) is 0. The molecule has 4 nitrogen and oxygen atoms in total. The molecule has 0 N–H and O–H groups in total. The lowest BCUT2D eigenvalue weighted by Crippen LogP contribution is -1.94. The van der Waals surface area contributed by atoms with Gasteiger partial charge in [-0.05, 0) is 115 Å². The van der Waals surface area contributed by atoms with E-state index >= 15 is 0 Å². The van der Waals surface area contributed by atoms with Crippen molar-refractivity contribution in [2.75, 3.05) is 0 Å². The average molecular weight is 713 g/mol. The van der Waals surface area contributed by atoms with Gasteiger partial charge in [0.25, 0.3) is 0 Å². The van der Waals surface area contributed by atoms with Crippen LogP contribution in [0.25, 0.3) is 111 Å². The Morgan fingerprint density at radius 2 is 0.661 bits per heavy atom. The topological polar surface area (TPSA) is 51.6 Å². The molecule has 6 aromatic carbocycles. The molecular weight excluding hydrogens is 681 g/mol. The number of hydrogen-bond donors (Lipinski definition) is 0. The normalized spacial score (nSPS) is 11.6. The molecule has 56 heavy (non-hydrogen) atoms. The van der Waals surface area contributed by atoms with Gasteiger partial charge in [0.2, 0.25) is 0 Å². The largest absolute Gasteiger partial charge is 0.255 e. The first-order valence-corrected chi connectivity index (χ1v) is 18.9. The van der Waals surface area contributed by atoms with E-state index in [1.165, 1.54) is 66.1 Å². The monoisotopic (exact) mass is 712 g/mol. The lowest BCUT2D eigenvalue weighted by molar-refractivity contribution is 1.25. The minimum atomic E-state index is 0.861. The van der Waals surface area contributed by atoms with Gasteiger partial charge in [-0.3, -0.25) is 9.97 Å². The fraction of sp³-hybridized carbons (Fsp3) is 0. The third-order valence-corrected chi connectivity index (χ3v) is 11.0. The predicted molar refractivity (Wildman–Crippen MR) is 230 cm³/mol. The standard InChI is InChI=1S/C52H32N4/c1-2-14-39-38(13-1)49(36-27-23-33(24-28-36)42-19-9-21-46(55-42)44-17-3-5-31-53-44)51-40-15-7-11-35-12-8-16-41(48(35)40)52(51)50(39)37-29-25-34(26-30-37)43-20-10-22-47(56-43)45-18-4-6-32-54-45/h1-32H. The molecule has 4 heteroatoms. The molecule has 4 heterocycles. The van der Waals surface area contributed by atoms with Crippen LogP contribution in [-0.2, 0) is 0 Å². The number of fused-ring (bicyclic) bond motifs is 4. The molecule has 1 aliphatic carbocycles. The Labute approximate surface area is 324 Å². The Bertz CT molecular complexity index is 2890. The van der Waals surface area contributed by atoms with Gasteiger partial charge in [-0.1, -0.05) is 133 Å². The number of benzene rings is 6. The van der Waals surface area contributed by atoms with Gasteiger partial charge in [0.15, 0.2) is 0 Å². The van der Waals surface area contributed by atoms with E-state index in [-0.39, 0.29) is 0 Å². The van der Waals surface area contributed by atoms with Gasteiger partial charge in [0.1, 0.15) is 0 Å². The third-order valence-electron chi connectivity index (χ3n) is 11.0. The zero-order chi connectivity index (χ0) is 37.0. The molecule has 0 fully saturated rings. The zero-order valence-electron chi connectivity index (χ0n) is 30.3. The first-order valence-electron chi connectivity index (χ1n) is 18.9. The molecule has 260 valence electrons. The highest BCUT2D eigenvalue weighted by atomic mass is 14.8. The van der Waals surface area contributed by atoms with E-state index < -0.39 is 0 Å². The summed E-state index contributed by atoms with van der Waals surface area (Å²) in [4.78, 5) is 19.0. The SMILES string of the molecule is c1ccc(-c2cccc(-c3ccc(-c4c5c(c(-c6ccc(-c7cccc(-c8ccccn8)n7)cc6)c6ccccc46)-c4cccc6cccc-5c46)cc3)n2)nc1. The molecule has 0 saturated heterocycles. The second-order valence-electron chi connectivity index (χ2n) is 14.2. The summed E-state index contributed by atoms with van der Waals surface area (Å²) in [5, 5.41) is 5.01. The molecule has 4 aromatic heterocycles. The van der Waals surface area contributed by atoms with E-state index in [9.17, 15) is 0 Å². The van der Waals surface area contributed by atoms with E-state index in [4.69, 9.17) is 9.97 Å². The van der Waals surface area contributed by atoms with Crippen LogP contribution in [0.2, 0.25) is 0 Å². The fourth-order valence-electron chi connectivity index (χ4n) is 8.45. The number of pyridine rings is 4. The summed E-state index contributed by atoms with van der Waals surface area (Å²) in [5.74, 6) is 0. The summed E-state index contributed by atoms with van der Waals surface area (Å²) in [6.07, 6.45) is 3.62. The Kier molecular flexibility index (Phi) is 7.46. The number of rotatable bonds is 6. The van der Waals surface area contributed by atoms with Crippen LogP contribution in [0.15, 0.2) is 194 Å². The zero-order valence-corrected chi connectivity index (χ0v) is 30.3. The van der Waals surface area contributed by atoms with Crippen molar-refractivity contribution >= 4 is 21.5 Å². The van der Waals surface area contributed by atoms with Crippen LogP contribution in [0.5, 0.6) is 0 Å².